The third-order valence-corrected chi connectivity index (χ3v) is 3.75. The van der Waals surface area contributed by atoms with Crippen molar-refractivity contribution < 1.29 is 9.53 Å². The Balaban J connectivity index is 2.20. The Morgan fingerprint density at radius 1 is 1.39 bits per heavy atom. The lowest BCUT2D eigenvalue weighted by Crippen LogP contribution is -2.15. The van der Waals surface area contributed by atoms with E-state index in [4.69, 9.17) is 4.74 Å². The minimum Gasteiger partial charge on any atom is -0.492 e. The van der Waals surface area contributed by atoms with Crippen LogP contribution in [-0.2, 0) is 6.42 Å². The van der Waals surface area contributed by atoms with Gasteiger partial charge in [-0.2, -0.15) is 0 Å². The normalized spacial score (nSPS) is 15.0. The Hall–Kier alpha value is -1.31. The molecular weight excluding hydrogens is 224 g/mol. The molecule has 98 valence electrons. The van der Waals surface area contributed by atoms with Gasteiger partial charge in [0.1, 0.15) is 5.75 Å². The lowest BCUT2D eigenvalue weighted by Gasteiger charge is -2.15. The summed E-state index contributed by atoms with van der Waals surface area (Å²) in [5.74, 6) is 1.27. The second-order valence-electron chi connectivity index (χ2n) is 5.00. The lowest BCUT2D eigenvalue weighted by molar-refractivity contribution is 0.0905. The van der Waals surface area contributed by atoms with E-state index in [1.165, 1.54) is 5.56 Å². The molecule has 0 aliphatic carbocycles. The molecule has 0 radical (unpaired) electrons. The van der Waals surface area contributed by atoms with Crippen LogP contribution in [0.4, 0.5) is 0 Å². The summed E-state index contributed by atoms with van der Waals surface area (Å²) in [5.41, 5.74) is 1.99. The molecule has 0 fully saturated rings. The number of para-hydroxylation sites is 1. The first-order valence-corrected chi connectivity index (χ1v) is 7.06. The highest BCUT2D eigenvalue weighted by atomic mass is 16.5. The van der Waals surface area contributed by atoms with E-state index in [1.54, 1.807) is 0 Å². The van der Waals surface area contributed by atoms with Gasteiger partial charge in [-0.05, 0) is 24.5 Å². The van der Waals surface area contributed by atoms with E-state index in [1.807, 2.05) is 12.1 Å². The van der Waals surface area contributed by atoms with Crippen molar-refractivity contribution in [2.45, 2.75) is 46.0 Å². The van der Waals surface area contributed by atoms with Crippen molar-refractivity contribution in [1.82, 2.24) is 0 Å². The van der Waals surface area contributed by atoms with Crippen molar-refractivity contribution in [1.29, 1.82) is 0 Å². The average Bonchev–Trinajstić information content (AvgIpc) is 2.87. The molecule has 1 aliphatic heterocycles. The standard InChI is InChI=1S/C16H22O2/c1-3-5-7-12(4-2)15(17)14-9-6-8-13-10-11-18-16(13)14/h6,8-9,12H,3-5,7,10-11H2,1-2H3. The molecule has 0 bridgehead atoms. The Kier molecular flexibility index (Phi) is 4.40. The number of ether oxygens (including phenoxy) is 1. The number of hydrogen-bond donors (Lipinski definition) is 0. The van der Waals surface area contributed by atoms with E-state index >= 15 is 0 Å². The fourth-order valence-corrected chi connectivity index (χ4v) is 2.60. The monoisotopic (exact) mass is 246 g/mol. The van der Waals surface area contributed by atoms with Gasteiger partial charge in [0.25, 0.3) is 0 Å². The number of carbonyl (C=O) groups excluding carboxylic acids is 1. The Labute approximate surface area is 109 Å². The third-order valence-electron chi connectivity index (χ3n) is 3.75. The first kappa shape index (κ1) is 13.1. The topological polar surface area (TPSA) is 26.3 Å². The van der Waals surface area contributed by atoms with Gasteiger partial charge in [-0.15, -0.1) is 0 Å². The highest BCUT2D eigenvalue weighted by Gasteiger charge is 2.24. The van der Waals surface area contributed by atoms with Crippen LogP contribution in [0, 0.1) is 5.92 Å². The summed E-state index contributed by atoms with van der Waals surface area (Å²) in [6, 6.07) is 5.96. The number of benzene rings is 1. The van der Waals surface area contributed by atoms with E-state index in [0.717, 1.165) is 43.4 Å². The van der Waals surface area contributed by atoms with Crippen molar-refractivity contribution in [3.05, 3.63) is 29.3 Å². The minimum absolute atomic E-state index is 0.153. The van der Waals surface area contributed by atoms with Crippen molar-refractivity contribution in [3.8, 4) is 5.75 Å². The largest absolute Gasteiger partial charge is 0.492 e. The Morgan fingerprint density at radius 2 is 2.22 bits per heavy atom. The summed E-state index contributed by atoms with van der Waals surface area (Å²) in [4.78, 5) is 12.6. The van der Waals surface area contributed by atoms with E-state index in [0.29, 0.717) is 6.61 Å². The van der Waals surface area contributed by atoms with Gasteiger partial charge in [0, 0.05) is 12.3 Å². The Bertz CT molecular complexity index is 423. The molecule has 2 heteroatoms. The summed E-state index contributed by atoms with van der Waals surface area (Å²) in [6.45, 7) is 4.98. The van der Waals surface area contributed by atoms with E-state index < -0.39 is 0 Å². The van der Waals surface area contributed by atoms with E-state index in [2.05, 4.69) is 19.9 Å². The minimum atomic E-state index is 0.153. The molecule has 1 aromatic carbocycles. The molecule has 18 heavy (non-hydrogen) atoms. The third kappa shape index (κ3) is 2.58. The van der Waals surface area contributed by atoms with Gasteiger partial charge in [-0.25, -0.2) is 0 Å². The summed E-state index contributed by atoms with van der Waals surface area (Å²) in [6.07, 6.45) is 5.12. The molecule has 0 amide bonds. The first-order chi connectivity index (χ1) is 8.77. The zero-order chi connectivity index (χ0) is 13.0. The van der Waals surface area contributed by atoms with Crippen molar-refractivity contribution in [2.75, 3.05) is 6.61 Å². The predicted molar refractivity (Wildman–Crippen MR) is 73.3 cm³/mol. The number of Topliss-reactive ketones (excluding diaryl/α,β-unsaturated/α-hetero) is 1. The van der Waals surface area contributed by atoms with Crippen molar-refractivity contribution in [3.63, 3.8) is 0 Å². The molecule has 1 aliphatic rings. The summed E-state index contributed by atoms with van der Waals surface area (Å²) >= 11 is 0. The molecule has 0 spiro atoms. The SMILES string of the molecule is CCCCC(CC)C(=O)c1cccc2c1OCC2. The van der Waals surface area contributed by atoms with Crippen LogP contribution >= 0.6 is 0 Å². The molecule has 0 saturated carbocycles. The lowest BCUT2D eigenvalue weighted by atomic mass is 9.89. The van der Waals surface area contributed by atoms with Gasteiger partial charge in [-0.3, -0.25) is 4.79 Å². The van der Waals surface area contributed by atoms with E-state index in [-0.39, 0.29) is 11.7 Å². The van der Waals surface area contributed by atoms with Crippen LogP contribution in [0.15, 0.2) is 18.2 Å². The zero-order valence-corrected chi connectivity index (χ0v) is 11.4. The van der Waals surface area contributed by atoms with Crippen LogP contribution in [0.25, 0.3) is 0 Å². The fourth-order valence-electron chi connectivity index (χ4n) is 2.60. The van der Waals surface area contributed by atoms with Crippen LogP contribution in [0.2, 0.25) is 0 Å². The summed E-state index contributed by atoms with van der Waals surface area (Å²) in [7, 11) is 0. The quantitative estimate of drug-likeness (QED) is 0.709. The van der Waals surface area contributed by atoms with Gasteiger partial charge in [0.15, 0.2) is 5.78 Å². The van der Waals surface area contributed by atoms with Crippen molar-refractivity contribution in [2.24, 2.45) is 5.92 Å². The van der Waals surface area contributed by atoms with Gasteiger partial charge in [0.05, 0.1) is 12.2 Å². The number of unbranched alkanes of at least 4 members (excludes halogenated alkanes) is 1. The number of ketones is 1. The second kappa shape index (κ2) is 6.03. The number of carbonyl (C=O) groups is 1. The molecule has 2 rings (SSSR count). The molecule has 1 aromatic rings. The molecule has 0 aromatic heterocycles. The summed E-state index contributed by atoms with van der Waals surface area (Å²) < 4.78 is 5.63. The molecule has 1 atom stereocenters. The van der Waals surface area contributed by atoms with Crippen LogP contribution in [0.5, 0.6) is 5.75 Å². The average molecular weight is 246 g/mol. The first-order valence-electron chi connectivity index (χ1n) is 7.06. The van der Waals surface area contributed by atoms with Crippen LogP contribution in [-0.4, -0.2) is 12.4 Å². The van der Waals surface area contributed by atoms with Gasteiger partial charge in [0.2, 0.25) is 0 Å². The van der Waals surface area contributed by atoms with Crippen LogP contribution < -0.4 is 4.74 Å². The smallest absolute Gasteiger partial charge is 0.169 e. The Morgan fingerprint density at radius 3 is 2.94 bits per heavy atom. The molecule has 0 saturated heterocycles. The van der Waals surface area contributed by atoms with Gasteiger partial charge in [-0.1, -0.05) is 38.8 Å². The predicted octanol–water partition coefficient (Wildman–Crippen LogP) is 4.02. The zero-order valence-electron chi connectivity index (χ0n) is 11.4. The molecule has 2 nitrogen and oxygen atoms in total. The maximum Gasteiger partial charge on any atom is 0.169 e. The highest BCUT2D eigenvalue weighted by molar-refractivity contribution is 6.00. The molecule has 1 heterocycles. The number of hydrogen-bond acceptors (Lipinski definition) is 2. The number of fused-ring (bicyclic) bond motifs is 1. The highest BCUT2D eigenvalue weighted by Crippen LogP contribution is 2.32. The van der Waals surface area contributed by atoms with Crippen molar-refractivity contribution >= 4 is 5.78 Å². The maximum atomic E-state index is 12.6. The fraction of sp³-hybridized carbons (Fsp3) is 0.562. The van der Waals surface area contributed by atoms with Gasteiger partial charge < -0.3 is 4.74 Å². The van der Waals surface area contributed by atoms with Crippen LogP contribution in [0.1, 0.15) is 55.5 Å². The maximum absolute atomic E-state index is 12.6. The second-order valence-corrected chi connectivity index (χ2v) is 5.00. The van der Waals surface area contributed by atoms with Crippen LogP contribution in [0.3, 0.4) is 0 Å². The molecule has 0 N–H and O–H groups in total. The number of rotatable bonds is 6. The molecule has 1 unspecified atom stereocenters. The van der Waals surface area contributed by atoms with E-state index in [9.17, 15) is 4.79 Å². The van der Waals surface area contributed by atoms with Gasteiger partial charge >= 0.3 is 0 Å². The molecular formula is C16H22O2. The summed E-state index contributed by atoms with van der Waals surface area (Å²) in [5, 5.41) is 0.